The molecule has 2 aliphatic carbocycles. The molecule has 9 N–H and O–H groups in total. The van der Waals surface area contributed by atoms with E-state index in [9.17, 15) is 103 Å². The number of sulfone groups is 3. The fraction of sp³-hybridized carbons (Fsp3) is 0.429. The first kappa shape index (κ1) is 105. The Balaban J connectivity index is 0.000000145. The Labute approximate surface area is 819 Å². The number of carbonyl (C=O) groups excluding carboxylic acids is 2. The van der Waals surface area contributed by atoms with Crippen LogP contribution in [0.5, 0.6) is 0 Å². The Hall–Kier alpha value is -13.2. The summed E-state index contributed by atoms with van der Waals surface area (Å²) in [5.74, 6) is 1.55. The highest BCUT2D eigenvalue weighted by molar-refractivity contribution is 7.91. The van der Waals surface area contributed by atoms with Crippen molar-refractivity contribution >= 4 is 41.5 Å². The SMILES string of the molecule is CC(C)(C)OC(=O)N1CCC(CCc2c(-c3cccc(S(C)(=O)=O)c3)[nH]n(-c3cc(C(F)(F)F)[nH]n3)c2=O)CC1.CC(C)(O)C(=O)N1CCC(CCc2c(-c3cccc(S(C)(=O)=O)c3)[nH]n(-c3cc(C(F)(F)F)[nH]n3)c2=O)CC1.CS(=O)(=O)c1ccc(-c2[nH]n(-c3cc(C4CC4)[nH]n3)c(=O)c2CCC2CCOCC2)cc1.O=c1c(CCc2ccc(F)cc2)c(-c2ccc(C(F)(F)F)cc2)[nH]n1-c1cc(C2CC2)[nH]n1. The van der Waals surface area contributed by atoms with Crippen LogP contribution in [-0.4, -0.2) is 201 Å². The molecule has 2 amide bonds. The van der Waals surface area contributed by atoms with Crippen molar-refractivity contribution < 1.29 is 93.3 Å². The van der Waals surface area contributed by atoms with E-state index in [1.807, 2.05) is 22.3 Å². The predicted molar refractivity (Wildman–Crippen MR) is 513 cm³/mol. The van der Waals surface area contributed by atoms with Gasteiger partial charge < -0.3 is 24.4 Å². The molecule has 770 valence electrons. The number of hydrogen-bond donors (Lipinski definition) is 9. The van der Waals surface area contributed by atoms with Crippen LogP contribution in [-0.2, 0) is 94.4 Å². The Morgan fingerprint density at radius 2 is 0.764 bits per heavy atom. The van der Waals surface area contributed by atoms with Crippen LogP contribution in [0.4, 0.5) is 48.7 Å². The highest BCUT2D eigenvalue weighted by atomic mass is 32.2. The van der Waals surface area contributed by atoms with Crippen molar-refractivity contribution in [1.82, 2.24) is 89.7 Å². The van der Waals surface area contributed by atoms with Gasteiger partial charge in [0, 0.05) is 139 Å². The maximum atomic E-state index is 13.5. The van der Waals surface area contributed by atoms with E-state index in [-0.39, 0.29) is 91.2 Å². The molecule has 13 aromatic rings. The number of halogens is 10. The normalized spacial score (nSPS) is 15.7. The summed E-state index contributed by atoms with van der Waals surface area (Å²) in [6, 6.07) is 34.5. The first-order valence-corrected chi connectivity index (χ1v) is 52.6. The zero-order valence-electron chi connectivity index (χ0n) is 79.9. The molecule has 5 fully saturated rings. The number of nitrogens with zero attached hydrogens (tertiary/aromatic N) is 10. The molecular weight excluding hydrogens is 1960 g/mol. The lowest BCUT2D eigenvalue weighted by molar-refractivity contribution is -0.149. The monoisotopic (exact) mass is 2060 g/mol. The molecule has 0 spiro atoms. The van der Waals surface area contributed by atoms with E-state index in [2.05, 4.69) is 51.0 Å². The molecule has 46 heteroatoms. The zero-order chi connectivity index (χ0) is 104. The predicted octanol–water partition coefficient (Wildman–Crippen LogP) is 16.0. The number of piperidine rings is 2. The fourth-order valence-electron chi connectivity index (χ4n) is 17.6. The first-order valence-electron chi connectivity index (χ1n) is 46.9. The smallest absolute Gasteiger partial charge is 0.432 e. The van der Waals surface area contributed by atoms with Gasteiger partial charge in [-0.2, -0.15) is 78.6 Å². The Morgan fingerprint density at radius 3 is 1.12 bits per heavy atom. The number of aromatic nitrogens is 16. The number of H-pyrrole nitrogens is 8. The molecule has 0 atom stereocenters. The van der Waals surface area contributed by atoms with Crippen LogP contribution >= 0.6 is 0 Å². The summed E-state index contributed by atoms with van der Waals surface area (Å²) < 4.78 is 219. The third-order valence-corrected chi connectivity index (χ3v) is 29.3. The second-order valence-electron chi connectivity index (χ2n) is 38.6. The lowest BCUT2D eigenvalue weighted by atomic mass is 9.89. The lowest BCUT2D eigenvalue weighted by Crippen LogP contribution is -2.48. The molecule has 0 radical (unpaired) electrons. The molecule has 3 saturated heterocycles. The van der Waals surface area contributed by atoms with Gasteiger partial charge in [0.1, 0.15) is 28.4 Å². The van der Waals surface area contributed by atoms with Gasteiger partial charge in [-0.15, -0.1) is 0 Å². The van der Waals surface area contributed by atoms with Crippen LogP contribution in [0.1, 0.15) is 186 Å². The van der Waals surface area contributed by atoms with Gasteiger partial charge in [0.2, 0.25) is 0 Å². The van der Waals surface area contributed by atoms with Crippen molar-refractivity contribution in [3.63, 3.8) is 0 Å². The van der Waals surface area contributed by atoms with Crippen molar-refractivity contribution in [2.75, 3.05) is 58.2 Å². The van der Waals surface area contributed by atoms with Gasteiger partial charge in [0.25, 0.3) is 28.1 Å². The van der Waals surface area contributed by atoms with Crippen LogP contribution in [0.2, 0.25) is 0 Å². The van der Waals surface area contributed by atoms with Crippen molar-refractivity contribution in [1.29, 1.82) is 0 Å². The summed E-state index contributed by atoms with van der Waals surface area (Å²) in [4.78, 5) is 81.9. The third-order valence-electron chi connectivity index (χ3n) is 26.0. The van der Waals surface area contributed by atoms with E-state index < -0.39 is 87.3 Å². The lowest BCUT2D eigenvalue weighted by Gasteiger charge is -2.35. The molecule has 8 aromatic heterocycles. The van der Waals surface area contributed by atoms with E-state index in [0.29, 0.717) is 164 Å². The molecule has 33 nitrogen and oxygen atoms in total. The van der Waals surface area contributed by atoms with Crippen LogP contribution in [0, 0.1) is 23.6 Å². The summed E-state index contributed by atoms with van der Waals surface area (Å²) in [7, 11) is -10.4. The van der Waals surface area contributed by atoms with Gasteiger partial charge in [-0.3, -0.25) is 64.8 Å². The maximum Gasteiger partial charge on any atom is 0.432 e. The molecule has 11 heterocycles. The minimum Gasteiger partial charge on any atom is -0.444 e. The van der Waals surface area contributed by atoms with Gasteiger partial charge in [0.15, 0.2) is 52.8 Å². The number of nitrogens with one attached hydrogen (secondary N) is 8. The molecule has 18 rings (SSSR count). The number of alkyl halides is 9. The summed E-state index contributed by atoms with van der Waals surface area (Å²) >= 11 is 0. The van der Waals surface area contributed by atoms with E-state index in [1.165, 1.54) is 90.1 Å². The largest absolute Gasteiger partial charge is 0.444 e. The Morgan fingerprint density at radius 1 is 0.410 bits per heavy atom. The highest BCUT2D eigenvalue weighted by Crippen LogP contribution is 2.42. The van der Waals surface area contributed by atoms with E-state index in [1.54, 1.807) is 79.1 Å². The Bertz CT molecular complexity index is 7400. The number of likely N-dealkylation sites (tertiary alicyclic amines) is 2. The van der Waals surface area contributed by atoms with Crippen molar-refractivity contribution in [3.8, 4) is 68.3 Å². The van der Waals surface area contributed by atoms with Gasteiger partial charge >= 0.3 is 24.6 Å². The van der Waals surface area contributed by atoms with Crippen molar-refractivity contribution in [3.05, 3.63) is 249 Å². The topological polar surface area (TPSA) is 448 Å². The number of hydrogen-bond acceptors (Lipinski definition) is 19. The molecule has 3 aliphatic heterocycles. The van der Waals surface area contributed by atoms with Crippen molar-refractivity contribution in [2.24, 2.45) is 17.8 Å². The molecule has 5 aromatic carbocycles. The molecule has 0 bridgehead atoms. The quantitative estimate of drug-likeness (QED) is 0.0227. The minimum absolute atomic E-state index is 0.0301. The highest BCUT2D eigenvalue weighted by Gasteiger charge is 2.39. The zero-order valence-corrected chi connectivity index (χ0v) is 82.3. The minimum atomic E-state index is -4.68. The van der Waals surface area contributed by atoms with Gasteiger partial charge in [-0.05, 0) is 245 Å². The second-order valence-corrected chi connectivity index (χ2v) is 44.6. The molecule has 2 saturated carbocycles. The van der Waals surface area contributed by atoms with Crippen molar-refractivity contribution in [2.45, 2.75) is 206 Å². The van der Waals surface area contributed by atoms with Gasteiger partial charge in [-0.1, -0.05) is 60.7 Å². The number of rotatable bonds is 26. The molecule has 5 aliphatic rings. The summed E-state index contributed by atoms with van der Waals surface area (Å²) in [6.07, 6.45) is 2.37. The fourth-order valence-corrected chi connectivity index (χ4v) is 19.6. The number of aliphatic hydroxyl groups is 1. The maximum absolute atomic E-state index is 13.5. The van der Waals surface area contributed by atoms with E-state index in [4.69, 9.17) is 9.47 Å². The number of aryl methyl sites for hydroxylation is 1. The number of amides is 2. The number of carbonyl (C=O) groups is 2. The van der Waals surface area contributed by atoms with E-state index in [0.717, 1.165) is 126 Å². The standard InChI is InChI=1S/C26H32F3N5O5S.C25H30F3N5O5S.C24H20F4N4O.C23H28N4O4S/c1-25(2,3)39-24(36)33-12-10-16(11-13-33)8-9-19-22(17-6-5-7-18(14-17)40(4,37)38)32-34(23(19)35)21-15-20(30-31-21)26(27,28)29;1-24(2,36)23(35)32-11-9-15(10-12-32)7-8-18-21(16-5-4-6-17(13-16)39(3,37)38)31-33(22(18)34)20-14-19(29-30-20)25(26,27)28;25-18-10-1-14(2-11-18)3-12-19-22(16-6-8-17(9-7-16)24(26,27)28)31-32(23(19)33)21-13-20(29-30-21)15-4-5-15;1-32(29,30)18-7-5-17(6-8-18)22-19(9-2-15-10-12-31-13-11-15)23(28)27(26-22)21-14-20(24-25-21)16-3-4-16/h5-7,14-16,32H,8-13H2,1-4H3,(H,30,31);4-6,13-15,31,36H,7-12H2,1-3H3,(H,29,30);1-2,6-11,13,15,31H,3-5,12H2,(H,29,30);5-8,14-16,26H,2-4,9-13H2,1H3,(H,24,25). The molecular formula is C98H110F10N18O15S3. The summed E-state index contributed by atoms with van der Waals surface area (Å²) in [5.41, 5.74) is 1.73. The Kier molecular flexibility index (Phi) is 30.8. The molecule has 144 heavy (non-hydrogen) atoms. The van der Waals surface area contributed by atoms with Crippen LogP contribution in [0.3, 0.4) is 0 Å². The van der Waals surface area contributed by atoms with Crippen LogP contribution in [0.15, 0.2) is 179 Å². The second kappa shape index (κ2) is 42.2. The van der Waals surface area contributed by atoms with Crippen LogP contribution in [0.25, 0.3) is 68.3 Å². The van der Waals surface area contributed by atoms with E-state index >= 15 is 0 Å². The number of benzene rings is 5. The number of aromatic amines is 8. The average molecular weight is 2070 g/mol. The van der Waals surface area contributed by atoms with Gasteiger partial charge in [0.05, 0.1) is 43.0 Å². The molecule has 0 unspecified atom stereocenters. The summed E-state index contributed by atoms with van der Waals surface area (Å²) in [6.45, 7) is 11.8. The van der Waals surface area contributed by atoms with Gasteiger partial charge in [-0.25, -0.2) is 34.4 Å². The average Bonchev–Trinajstić information content (AvgIpc) is 1.63. The third kappa shape index (κ3) is 25.8. The number of ether oxygens (including phenoxy) is 2. The first-order chi connectivity index (χ1) is 67.8. The summed E-state index contributed by atoms with van der Waals surface area (Å²) in [5, 5.41) is 47.7. The van der Waals surface area contributed by atoms with Crippen LogP contribution < -0.4 is 22.2 Å².